The van der Waals surface area contributed by atoms with Crippen LogP contribution in [0, 0.1) is 5.92 Å². The molecule has 1 aliphatic carbocycles. The van der Waals surface area contributed by atoms with Gasteiger partial charge in [-0.2, -0.15) is 0 Å². The van der Waals surface area contributed by atoms with Crippen LogP contribution in [0.1, 0.15) is 28.8 Å². The average Bonchev–Trinajstić information content (AvgIpc) is 3.56. The number of nitrogens with two attached hydrogens (primary N) is 1. The number of fused-ring (bicyclic) bond motifs is 1. The summed E-state index contributed by atoms with van der Waals surface area (Å²) in [6, 6.07) is 18.8. The third-order valence-corrected chi connectivity index (χ3v) is 6.59. The predicted molar refractivity (Wildman–Crippen MR) is 125 cm³/mol. The Balaban J connectivity index is 1.34. The maximum Gasteiger partial charge on any atom is 0.255 e. The minimum atomic E-state index is -0.181. The number of hydrogen-bond acceptors (Lipinski definition) is 5. The van der Waals surface area contributed by atoms with E-state index < -0.39 is 0 Å². The second kappa shape index (κ2) is 8.43. The van der Waals surface area contributed by atoms with Gasteiger partial charge in [-0.25, -0.2) is 9.97 Å². The van der Waals surface area contributed by atoms with Crippen LogP contribution in [0.15, 0.2) is 72.0 Å². The fraction of sp³-hybridized carbons (Fsp3) is 0.208. The number of hydrogen-bond donors (Lipinski definition) is 2. The molecule has 0 spiro atoms. The molecule has 2 aromatic carbocycles. The predicted octanol–water partition coefficient (Wildman–Crippen LogP) is 4.82. The summed E-state index contributed by atoms with van der Waals surface area (Å²) >= 11 is 1.81. The lowest BCUT2D eigenvalue weighted by Crippen LogP contribution is -2.13. The van der Waals surface area contributed by atoms with Crippen LogP contribution in [-0.2, 0) is 6.54 Å². The number of benzene rings is 2. The Morgan fingerprint density at radius 3 is 2.68 bits per heavy atom. The molecule has 5 rings (SSSR count). The lowest BCUT2D eigenvalue weighted by Gasteiger charge is -2.10. The lowest BCUT2D eigenvalue weighted by atomic mass is 10.1. The van der Waals surface area contributed by atoms with Gasteiger partial charge in [-0.3, -0.25) is 9.36 Å². The summed E-state index contributed by atoms with van der Waals surface area (Å²) in [6.07, 6.45) is 4.45. The molecule has 0 aliphatic heterocycles. The standard InChI is InChI=1S/C24H23N5OS/c25-19-4-1-2-5-20(19)27-23(30)18-11-9-16(10-12-18)14-29-22-21(6-3-13-26-22)28-24(29)31-15-17-7-8-17/h1-6,9-13,17H,7-8,14-15,25H2,(H,27,30). The minimum Gasteiger partial charge on any atom is -0.397 e. The number of anilines is 2. The summed E-state index contributed by atoms with van der Waals surface area (Å²) < 4.78 is 2.17. The molecule has 2 heterocycles. The first kappa shape index (κ1) is 19.6. The zero-order chi connectivity index (χ0) is 21.2. The van der Waals surface area contributed by atoms with E-state index in [1.165, 1.54) is 12.8 Å². The van der Waals surface area contributed by atoms with E-state index in [9.17, 15) is 4.79 Å². The Hall–Kier alpha value is -3.32. The second-order valence-electron chi connectivity index (χ2n) is 7.82. The number of nitrogens with one attached hydrogen (secondary N) is 1. The molecule has 0 bridgehead atoms. The molecular formula is C24H23N5OS. The van der Waals surface area contributed by atoms with Crippen LogP contribution in [0.25, 0.3) is 11.2 Å². The number of imidazole rings is 1. The molecule has 0 radical (unpaired) electrons. The quantitative estimate of drug-likeness (QED) is 0.325. The normalized spacial score (nSPS) is 13.4. The molecule has 1 amide bonds. The SMILES string of the molecule is Nc1ccccc1NC(=O)c1ccc(Cn2c(SCC3CC3)nc3cccnc32)cc1. The fourth-order valence-corrected chi connectivity index (χ4v) is 4.60. The number of nitrogens with zero attached hydrogens (tertiary/aromatic N) is 3. The summed E-state index contributed by atoms with van der Waals surface area (Å²) in [4.78, 5) is 21.9. The lowest BCUT2D eigenvalue weighted by molar-refractivity contribution is 0.102. The number of rotatable bonds is 7. The molecule has 0 unspecified atom stereocenters. The van der Waals surface area contributed by atoms with Gasteiger partial charge in [0.25, 0.3) is 5.91 Å². The maximum atomic E-state index is 12.6. The van der Waals surface area contributed by atoms with Gasteiger partial charge in [0, 0.05) is 17.5 Å². The van der Waals surface area contributed by atoms with Crippen molar-refractivity contribution in [3.63, 3.8) is 0 Å². The van der Waals surface area contributed by atoms with E-state index >= 15 is 0 Å². The molecule has 7 heteroatoms. The Labute approximate surface area is 184 Å². The van der Waals surface area contributed by atoms with Crippen molar-refractivity contribution in [3.05, 3.63) is 78.0 Å². The van der Waals surface area contributed by atoms with Crippen molar-refractivity contribution in [2.24, 2.45) is 5.92 Å². The van der Waals surface area contributed by atoms with Crippen molar-refractivity contribution in [2.75, 3.05) is 16.8 Å². The second-order valence-corrected chi connectivity index (χ2v) is 8.81. The van der Waals surface area contributed by atoms with Crippen molar-refractivity contribution in [1.29, 1.82) is 0 Å². The Morgan fingerprint density at radius 1 is 1.10 bits per heavy atom. The molecule has 1 aliphatic rings. The molecule has 0 atom stereocenters. The summed E-state index contributed by atoms with van der Waals surface area (Å²) in [5.41, 5.74) is 10.6. The molecule has 4 aromatic rings. The highest BCUT2D eigenvalue weighted by Crippen LogP contribution is 2.35. The highest BCUT2D eigenvalue weighted by Gasteiger charge is 2.23. The smallest absolute Gasteiger partial charge is 0.255 e. The average molecular weight is 430 g/mol. The Kier molecular flexibility index (Phi) is 5.34. The van der Waals surface area contributed by atoms with Crippen LogP contribution in [0.4, 0.5) is 11.4 Å². The van der Waals surface area contributed by atoms with Gasteiger partial charge >= 0.3 is 0 Å². The van der Waals surface area contributed by atoms with Gasteiger partial charge in [0.05, 0.1) is 17.9 Å². The van der Waals surface area contributed by atoms with Crippen LogP contribution in [0.3, 0.4) is 0 Å². The first-order valence-electron chi connectivity index (χ1n) is 10.4. The summed E-state index contributed by atoms with van der Waals surface area (Å²) in [5, 5.41) is 3.87. The first-order chi connectivity index (χ1) is 15.2. The topological polar surface area (TPSA) is 85.8 Å². The number of thioether (sulfide) groups is 1. The largest absolute Gasteiger partial charge is 0.397 e. The van der Waals surface area contributed by atoms with Crippen LogP contribution in [0.5, 0.6) is 0 Å². The van der Waals surface area contributed by atoms with Crippen molar-refractivity contribution >= 4 is 40.2 Å². The van der Waals surface area contributed by atoms with Crippen molar-refractivity contribution in [2.45, 2.75) is 24.5 Å². The van der Waals surface area contributed by atoms with Gasteiger partial charge in [0.1, 0.15) is 5.52 Å². The zero-order valence-corrected chi connectivity index (χ0v) is 17.8. The van der Waals surface area contributed by atoms with E-state index in [1.54, 1.807) is 18.3 Å². The van der Waals surface area contributed by atoms with Gasteiger partial charge in [-0.15, -0.1) is 0 Å². The Bertz CT molecular complexity index is 1230. The van der Waals surface area contributed by atoms with Gasteiger partial charge < -0.3 is 11.1 Å². The third-order valence-electron chi connectivity index (χ3n) is 5.38. The molecule has 3 N–H and O–H groups in total. The van der Waals surface area contributed by atoms with Crippen molar-refractivity contribution in [1.82, 2.24) is 14.5 Å². The van der Waals surface area contributed by atoms with E-state index in [-0.39, 0.29) is 5.91 Å². The minimum absolute atomic E-state index is 0.181. The van der Waals surface area contributed by atoms with E-state index in [4.69, 9.17) is 10.7 Å². The number of carbonyl (C=O) groups excluding carboxylic acids is 1. The number of carbonyl (C=O) groups is 1. The van der Waals surface area contributed by atoms with Crippen molar-refractivity contribution in [3.8, 4) is 0 Å². The van der Waals surface area contributed by atoms with Crippen molar-refractivity contribution < 1.29 is 4.79 Å². The number of nitrogen functional groups attached to an aromatic ring is 1. The van der Waals surface area contributed by atoms with Crippen LogP contribution in [-0.4, -0.2) is 26.2 Å². The summed E-state index contributed by atoms with van der Waals surface area (Å²) in [5.74, 6) is 1.74. The number of amides is 1. The van der Waals surface area contributed by atoms with Crippen LogP contribution >= 0.6 is 11.8 Å². The van der Waals surface area contributed by atoms with Gasteiger partial charge in [0.2, 0.25) is 0 Å². The van der Waals surface area contributed by atoms with E-state index in [0.717, 1.165) is 33.6 Å². The number of aromatic nitrogens is 3. The van der Waals surface area contributed by atoms with Crippen LogP contribution in [0.2, 0.25) is 0 Å². The molecule has 2 aromatic heterocycles. The number of para-hydroxylation sites is 2. The molecule has 1 fully saturated rings. The van der Waals surface area contributed by atoms with Gasteiger partial charge in [-0.05, 0) is 60.7 Å². The fourth-order valence-electron chi connectivity index (χ4n) is 3.42. The zero-order valence-electron chi connectivity index (χ0n) is 17.0. The highest BCUT2D eigenvalue weighted by molar-refractivity contribution is 7.99. The first-order valence-corrected chi connectivity index (χ1v) is 11.3. The molecule has 31 heavy (non-hydrogen) atoms. The molecular weight excluding hydrogens is 406 g/mol. The monoisotopic (exact) mass is 429 g/mol. The summed E-state index contributed by atoms with van der Waals surface area (Å²) in [7, 11) is 0. The number of pyridine rings is 1. The summed E-state index contributed by atoms with van der Waals surface area (Å²) in [6.45, 7) is 0.661. The van der Waals surface area contributed by atoms with Crippen LogP contribution < -0.4 is 11.1 Å². The van der Waals surface area contributed by atoms with Gasteiger partial charge in [0.15, 0.2) is 10.8 Å². The molecule has 0 saturated heterocycles. The molecule has 1 saturated carbocycles. The third kappa shape index (κ3) is 4.41. The highest BCUT2D eigenvalue weighted by atomic mass is 32.2. The van der Waals surface area contributed by atoms with Gasteiger partial charge in [-0.1, -0.05) is 36.0 Å². The van der Waals surface area contributed by atoms with E-state index in [2.05, 4.69) is 14.9 Å². The van der Waals surface area contributed by atoms with E-state index in [1.807, 2.05) is 60.3 Å². The maximum absolute atomic E-state index is 12.6. The molecule has 156 valence electrons. The Morgan fingerprint density at radius 2 is 1.90 bits per heavy atom. The van der Waals surface area contributed by atoms with E-state index in [0.29, 0.717) is 23.5 Å². The molecule has 6 nitrogen and oxygen atoms in total.